The third-order valence-electron chi connectivity index (χ3n) is 2.17. The molecule has 1 aromatic heterocycles. The van der Waals surface area contributed by atoms with Crippen molar-refractivity contribution in [1.29, 1.82) is 0 Å². The average molecular weight is 238 g/mol. The molecule has 0 fully saturated rings. The van der Waals surface area contributed by atoms with Gasteiger partial charge >= 0.3 is 0 Å². The van der Waals surface area contributed by atoms with Gasteiger partial charge in [-0.15, -0.1) is 0 Å². The predicted molar refractivity (Wildman–Crippen MR) is 66.0 cm³/mol. The molecule has 0 radical (unpaired) electrons. The molecular weight excluding hydrogens is 220 g/mol. The molecule has 1 rings (SSSR count). The van der Waals surface area contributed by atoms with Crippen LogP contribution in [0.15, 0.2) is 17.2 Å². The van der Waals surface area contributed by atoms with Gasteiger partial charge in [-0.25, -0.2) is 4.98 Å². The van der Waals surface area contributed by atoms with Gasteiger partial charge in [0.15, 0.2) is 5.82 Å². The van der Waals surface area contributed by atoms with Gasteiger partial charge in [0.2, 0.25) is 5.91 Å². The SMILES string of the molecule is CCCn1ccnc(NCCNC(C)=O)c1=O. The minimum absolute atomic E-state index is 0.0868. The molecule has 0 aliphatic rings. The van der Waals surface area contributed by atoms with E-state index < -0.39 is 0 Å². The summed E-state index contributed by atoms with van der Waals surface area (Å²) in [4.78, 5) is 26.5. The molecule has 0 atom stereocenters. The summed E-state index contributed by atoms with van der Waals surface area (Å²) in [5.41, 5.74) is -0.128. The van der Waals surface area contributed by atoms with Crippen molar-refractivity contribution in [2.75, 3.05) is 18.4 Å². The van der Waals surface area contributed by atoms with E-state index in [-0.39, 0.29) is 11.5 Å². The summed E-state index contributed by atoms with van der Waals surface area (Å²) in [7, 11) is 0. The Hall–Kier alpha value is -1.85. The number of carbonyl (C=O) groups excluding carboxylic acids is 1. The van der Waals surface area contributed by atoms with Gasteiger partial charge in [-0.3, -0.25) is 9.59 Å². The molecule has 0 aliphatic heterocycles. The fourth-order valence-corrected chi connectivity index (χ4v) is 1.40. The van der Waals surface area contributed by atoms with Crippen LogP contribution in [0.25, 0.3) is 0 Å². The number of nitrogens with one attached hydrogen (secondary N) is 2. The molecule has 94 valence electrons. The molecule has 17 heavy (non-hydrogen) atoms. The molecule has 0 aliphatic carbocycles. The summed E-state index contributed by atoms with van der Waals surface area (Å²) >= 11 is 0. The first kappa shape index (κ1) is 13.2. The zero-order chi connectivity index (χ0) is 12.7. The van der Waals surface area contributed by atoms with Gasteiger partial charge in [-0.05, 0) is 6.42 Å². The van der Waals surface area contributed by atoms with Crippen LogP contribution in [-0.4, -0.2) is 28.5 Å². The Labute approximate surface area is 100 Å². The number of aromatic nitrogens is 2. The van der Waals surface area contributed by atoms with Crippen LogP contribution in [0.3, 0.4) is 0 Å². The van der Waals surface area contributed by atoms with Crippen LogP contribution in [0.4, 0.5) is 5.82 Å². The van der Waals surface area contributed by atoms with Crippen molar-refractivity contribution in [2.24, 2.45) is 0 Å². The van der Waals surface area contributed by atoms with Crippen LogP contribution in [0.5, 0.6) is 0 Å². The van der Waals surface area contributed by atoms with Crippen molar-refractivity contribution < 1.29 is 4.79 Å². The van der Waals surface area contributed by atoms with Gasteiger partial charge < -0.3 is 15.2 Å². The number of anilines is 1. The highest BCUT2D eigenvalue weighted by atomic mass is 16.1. The van der Waals surface area contributed by atoms with E-state index >= 15 is 0 Å². The smallest absolute Gasteiger partial charge is 0.293 e. The molecule has 1 heterocycles. The second-order valence-electron chi connectivity index (χ2n) is 3.68. The molecule has 6 nitrogen and oxygen atoms in total. The number of carbonyl (C=O) groups is 1. The van der Waals surface area contributed by atoms with Crippen molar-refractivity contribution in [3.63, 3.8) is 0 Å². The molecule has 1 aromatic rings. The average Bonchev–Trinajstić information content (AvgIpc) is 2.29. The summed E-state index contributed by atoms with van der Waals surface area (Å²) < 4.78 is 1.62. The zero-order valence-corrected chi connectivity index (χ0v) is 10.2. The minimum atomic E-state index is -0.128. The van der Waals surface area contributed by atoms with Crippen LogP contribution < -0.4 is 16.2 Å². The third kappa shape index (κ3) is 4.26. The van der Waals surface area contributed by atoms with Crippen LogP contribution in [0, 0.1) is 0 Å². The van der Waals surface area contributed by atoms with Gasteiger partial charge in [-0.2, -0.15) is 0 Å². The highest BCUT2D eigenvalue weighted by Gasteiger charge is 2.02. The molecule has 6 heteroatoms. The molecule has 2 N–H and O–H groups in total. The maximum Gasteiger partial charge on any atom is 0.293 e. The quantitative estimate of drug-likeness (QED) is 0.694. The number of rotatable bonds is 6. The molecule has 0 unspecified atom stereocenters. The first-order valence-corrected chi connectivity index (χ1v) is 5.69. The zero-order valence-electron chi connectivity index (χ0n) is 10.2. The Bertz CT molecular complexity index is 428. The third-order valence-corrected chi connectivity index (χ3v) is 2.17. The minimum Gasteiger partial charge on any atom is -0.364 e. The molecule has 0 aromatic carbocycles. The Kier molecular flexibility index (Phi) is 5.19. The van der Waals surface area contributed by atoms with E-state index in [0.717, 1.165) is 6.42 Å². The van der Waals surface area contributed by atoms with E-state index in [9.17, 15) is 9.59 Å². The van der Waals surface area contributed by atoms with Gasteiger partial charge in [-0.1, -0.05) is 6.92 Å². The van der Waals surface area contributed by atoms with Crippen molar-refractivity contribution in [3.05, 3.63) is 22.7 Å². The van der Waals surface area contributed by atoms with E-state index in [2.05, 4.69) is 15.6 Å². The lowest BCUT2D eigenvalue weighted by molar-refractivity contribution is -0.118. The van der Waals surface area contributed by atoms with Crippen LogP contribution >= 0.6 is 0 Å². The fourth-order valence-electron chi connectivity index (χ4n) is 1.40. The predicted octanol–water partition coefficient (Wildman–Crippen LogP) is 0.201. The van der Waals surface area contributed by atoms with Crippen molar-refractivity contribution in [2.45, 2.75) is 26.8 Å². The van der Waals surface area contributed by atoms with E-state index in [1.54, 1.807) is 17.0 Å². The lowest BCUT2D eigenvalue weighted by Crippen LogP contribution is -2.30. The van der Waals surface area contributed by atoms with Gasteiger partial charge in [0.25, 0.3) is 5.56 Å². The second-order valence-corrected chi connectivity index (χ2v) is 3.68. The standard InChI is InChI=1S/C11H18N4O2/c1-3-7-15-8-6-14-10(11(15)17)13-5-4-12-9(2)16/h6,8H,3-5,7H2,1-2H3,(H,12,16)(H,13,14). The van der Waals surface area contributed by atoms with E-state index in [1.807, 2.05) is 6.92 Å². The first-order chi connectivity index (χ1) is 8.15. The van der Waals surface area contributed by atoms with Crippen LogP contribution in [-0.2, 0) is 11.3 Å². The summed E-state index contributed by atoms with van der Waals surface area (Å²) in [5, 5.41) is 5.54. The Morgan fingerprint density at radius 2 is 2.24 bits per heavy atom. The topological polar surface area (TPSA) is 76.0 Å². The maximum absolute atomic E-state index is 11.8. The summed E-state index contributed by atoms with van der Waals surface area (Å²) in [6.45, 7) is 5.10. The maximum atomic E-state index is 11.8. The number of aryl methyl sites for hydroxylation is 1. The highest BCUT2D eigenvalue weighted by molar-refractivity contribution is 5.72. The molecule has 0 saturated heterocycles. The van der Waals surface area contributed by atoms with Gasteiger partial charge in [0.1, 0.15) is 0 Å². The lowest BCUT2D eigenvalue weighted by atomic mass is 10.4. The first-order valence-electron chi connectivity index (χ1n) is 5.69. The summed E-state index contributed by atoms with van der Waals surface area (Å²) in [6.07, 6.45) is 4.16. The van der Waals surface area contributed by atoms with Crippen molar-refractivity contribution >= 4 is 11.7 Å². The van der Waals surface area contributed by atoms with E-state index in [4.69, 9.17) is 0 Å². The number of nitrogens with zero attached hydrogens (tertiary/aromatic N) is 2. The molecular formula is C11H18N4O2. The molecule has 0 bridgehead atoms. The summed E-state index contributed by atoms with van der Waals surface area (Å²) in [6, 6.07) is 0. The van der Waals surface area contributed by atoms with E-state index in [1.165, 1.54) is 6.92 Å². The number of hydrogen-bond donors (Lipinski definition) is 2. The fraction of sp³-hybridized carbons (Fsp3) is 0.545. The Morgan fingerprint density at radius 3 is 2.88 bits per heavy atom. The Morgan fingerprint density at radius 1 is 1.47 bits per heavy atom. The van der Waals surface area contributed by atoms with Gasteiger partial charge in [0, 0.05) is 39.0 Å². The van der Waals surface area contributed by atoms with Gasteiger partial charge in [0.05, 0.1) is 0 Å². The van der Waals surface area contributed by atoms with Crippen LogP contribution in [0.2, 0.25) is 0 Å². The highest BCUT2D eigenvalue weighted by Crippen LogP contribution is 1.93. The Balaban J connectivity index is 2.56. The summed E-state index contributed by atoms with van der Waals surface area (Å²) in [5.74, 6) is 0.238. The van der Waals surface area contributed by atoms with Crippen molar-refractivity contribution in [1.82, 2.24) is 14.9 Å². The largest absolute Gasteiger partial charge is 0.364 e. The molecule has 1 amide bonds. The lowest BCUT2D eigenvalue weighted by Gasteiger charge is -2.08. The normalized spacial score (nSPS) is 10.0. The van der Waals surface area contributed by atoms with Crippen molar-refractivity contribution in [3.8, 4) is 0 Å². The second kappa shape index (κ2) is 6.67. The molecule has 0 spiro atoms. The number of hydrogen-bond acceptors (Lipinski definition) is 4. The number of amides is 1. The van der Waals surface area contributed by atoms with Crippen LogP contribution in [0.1, 0.15) is 20.3 Å². The monoisotopic (exact) mass is 238 g/mol. The molecule has 0 saturated carbocycles. The van der Waals surface area contributed by atoms with E-state index in [0.29, 0.717) is 25.5 Å².